The van der Waals surface area contributed by atoms with E-state index in [0.29, 0.717) is 16.6 Å². The normalized spacial score (nSPS) is 10.6. The van der Waals surface area contributed by atoms with E-state index < -0.39 is 16.7 Å². The van der Waals surface area contributed by atoms with Gasteiger partial charge in [0.1, 0.15) is 0 Å². The molecule has 9 nitrogen and oxygen atoms in total. The van der Waals surface area contributed by atoms with Crippen LogP contribution < -0.4 is 11.1 Å². The van der Waals surface area contributed by atoms with Crippen LogP contribution in [-0.2, 0) is 11.2 Å². The molecule has 0 atom stereocenters. The highest BCUT2D eigenvalue weighted by atomic mass is 16.6. The van der Waals surface area contributed by atoms with Gasteiger partial charge in [0.2, 0.25) is 5.91 Å². The van der Waals surface area contributed by atoms with Crippen molar-refractivity contribution in [2.24, 2.45) is 5.73 Å². The number of H-pyrrole nitrogens is 1. The van der Waals surface area contributed by atoms with Crippen molar-refractivity contribution in [1.82, 2.24) is 10.2 Å². The highest BCUT2D eigenvalue weighted by Crippen LogP contribution is 2.23. The van der Waals surface area contributed by atoms with Gasteiger partial charge in [0.15, 0.2) is 5.69 Å². The molecule has 0 bridgehead atoms. The fourth-order valence-electron chi connectivity index (χ4n) is 2.39. The average molecular weight is 339 g/mol. The quantitative estimate of drug-likeness (QED) is 0.479. The fourth-order valence-corrected chi connectivity index (χ4v) is 2.39. The largest absolute Gasteiger partial charge is 0.369 e. The van der Waals surface area contributed by atoms with Crippen LogP contribution in [0, 0.1) is 10.1 Å². The first kappa shape index (κ1) is 16.1. The second kappa shape index (κ2) is 6.40. The Bertz CT molecular complexity index is 978. The van der Waals surface area contributed by atoms with Crippen LogP contribution in [0.3, 0.4) is 0 Å². The molecule has 0 spiro atoms. The maximum absolute atomic E-state index is 12.4. The number of aromatic amines is 1. The molecule has 3 rings (SSSR count). The summed E-state index contributed by atoms with van der Waals surface area (Å²) >= 11 is 0. The van der Waals surface area contributed by atoms with E-state index >= 15 is 0 Å². The van der Waals surface area contributed by atoms with Crippen molar-refractivity contribution in [1.29, 1.82) is 0 Å². The predicted molar refractivity (Wildman–Crippen MR) is 90.0 cm³/mol. The number of carbonyl (C=O) groups excluding carboxylic acids is 2. The number of carbonyl (C=O) groups is 2. The number of amides is 2. The smallest absolute Gasteiger partial charge is 0.276 e. The molecule has 0 aliphatic carbocycles. The van der Waals surface area contributed by atoms with Gasteiger partial charge in [-0.25, -0.2) is 0 Å². The summed E-state index contributed by atoms with van der Waals surface area (Å²) in [6, 6.07) is 10.7. The van der Waals surface area contributed by atoms with Crippen molar-refractivity contribution in [2.75, 3.05) is 5.32 Å². The Labute approximate surface area is 141 Å². The average Bonchev–Trinajstić information content (AvgIpc) is 2.99. The predicted octanol–water partition coefficient (Wildman–Crippen LogP) is 1.75. The lowest BCUT2D eigenvalue weighted by molar-refractivity contribution is -0.384. The second-order valence-corrected chi connectivity index (χ2v) is 5.35. The Morgan fingerprint density at radius 2 is 1.92 bits per heavy atom. The van der Waals surface area contributed by atoms with Gasteiger partial charge in [-0.2, -0.15) is 5.10 Å². The summed E-state index contributed by atoms with van der Waals surface area (Å²) < 4.78 is 0. The molecule has 0 unspecified atom stereocenters. The molecule has 3 aromatic rings. The number of nitro benzene ring substituents is 1. The number of nitrogens with zero attached hydrogens (tertiary/aromatic N) is 2. The molecule has 0 aliphatic heterocycles. The monoisotopic (exact) mass is 339 g/mol. The number of primary amides is 1. The number of nitrogens with two attached hydrogens (primary N) is 1. The molecule has 1 heterocycles. The lowest BCUT2D eigenvalue weighted by atomic mass is 10.1. The number of benzene rings is 2. The number of hydrogen-bond donors (Lipinski definition) is 3. The Kier molecular flexibility index (Phi) is 4.12. The van der Waals surface area contributed by atoms with E-state index in [2.05, 4.69) is 15.5 Å². The van der Waals surface area contributed by atoms with Crippen LogP contribution >= 0.6 is 0 Å². The molecule has 9 heteroatoms. The van der Waals surface area contributed by atoms with Crippen LogP contribution in [0.4, 0.5) is 11.4 Å². The molecular formula is C16H13N5O4. The minimum absolute atomic E-state index is 0.0555. The van der Waals surface area contributed by atoms with Crippen molar-refractivity contribution in [2.45, 2.75) is 6.42 Å². The highest BCUT2D eigenvalue weighted by Gasteiger charge is 2.17. The number of nitro groups is 1. The molecule has 2 amide bonds. The van der Waals surface area contributed by atoms with Crippen molar-refractivity contribution < 1.29 is 14.5 Å². The van der Waals surface area contributed by atoms with E-state index in [1.54, 1.807) is 24.3 Å². The lowest BCUT2D eigenvalue weighted by Gasteiger charge is -2.05. The Hall–Kier alpha value is -3.75. The number of fused-ring (bicyclic) bond motifs is 1. The van der Waals surface area contributed by atoms with Crippen LogP contribution in [0.5, 0.6) is 0 Å². The van der Waals surface area contributed by atoms with Gasteiger partial charge in [0.25, 0.3) is 11.6 Å². The molecule has 0 fully saturated rings. The molecule has 0 saturated carbocycles. The van der Waals surface area contributed by atoms with Gasteiger partial charge in [0.05, 0.1) is 16.9 Å². The number of anilines is 1. The lowest BCUT2D eigenvalue weighted by Crippen LogP contribution is -2.14. The molecular weight excluding hydrogens is 326 g/mol. The van der Waals surface area contributed by atoms with E-state index in [4.69, 9.17) is 5.73 Å². The summed E-state index contributed by atoms with van der Waals surface area (Å²) in [7, 11) is 0. The van der Waals surface area contributed by atoms with E-state index in [9.17, 15) is 19.7 Å². The summed E-state index contributed by atoms with van der Waals surface area (Å²) in [4.78, 5) is 33.6. The van der Waals surface area contributed by atoms with Gasteiger partial charge in [-0.1, -0.05) is 12.1 Å². The molecule has 25 heavy (non-hydrogen) atoms. The van der Waals surface area contributed by atoms with Crippen molar-refractivity contribution in [3.05, 3.63) is 63.8 Å². The molecule has 1 aromatic heterocycles. The maximum atomic E-state index is 12.4. The molecule has 126 valence electrons. The van der Waals surface area contributed by atoms with E-state index in [1.807, 2.05) is 0 Å². The first-order valence-electron chi connectivity index (χ1n) is 7.25. The van der Waals surface area contributed by atoms with Gasteiger partial charge in [-0.3, -0.25) is 24.8 Å². The topological polar surface area (TPSA) is 144 Å². The molecule has 4 N–H and O–H groups in total. The zero-order chi connectivity index (χ0) is 18.0. The van der Waals surface area contributed by atoms with Gasteiger partial charge in [-0.05, 0) is 23.8 Å². The molecule has 0 saturated heterocycles. The summed E-state index contributed by atoms with van der Waals surface area (Å²) in [6.45, 7) is 0. The summed E-state index contributed by atoms with van der Waals surface area (Å²) in [5, 5.41) is 20.5. The third kappa shape index (κ3) is 3.44. The standard InChI is InChI=1S/C16H13N5O4/c17-14(22)7-9-1-3-10(4-2-9)18-16(23)15-12-8-11(21(24)25)5-6-13(12)19-20-15/h1-6,8H,7H2,(H2,17,22)(H,18,23)(H,19,20). The van der Waals surface area contributed by atoms with E-state index in [-0.39, 0.29) is 17.8 Å². The minimum atomic E-state index is -0.536. The van der Waals surface area contributed by atoms with Gasteiger partial charge in [-0.15, -0.1) is 0 Å². The van der Waals surface area contributed by atoms with Crippen molar-refractivity contribution in [3.8, 4) is 0 Å². The number of hydrogen-bond acceptors (Lipinski definition) is 5. The first-order chi connectivity index (χ1) is 11.9. The Balaban J connectivity index is 1.83. The van der Waals surface area contributed by atoms with E-state index in [1.165, 1.54) is 18.2 Å². The third-order valence-electron chi connectivity index (χ3n) is 3.56. The number of aromatic nitrogens is 2. The van der Waals surface area contributed by atoms with Crippen LogP contribution in [0.1, 0.15) is 16.1 Å². The van der Waals surface area contributed by atoms with Crippen LogP contribution in [-0.4, -0.2) is 26.9 Å². The minimum Gasteiger partial charge on any atom is -0.369 e. The SMILES string of the molecule is NC(=O)Cc1ccc(NC(=O)c2n[nH]c3ccc([N+](=O)[O-])cc23)cc1. The Morgan fingerprint density at radius 3 is 2.56 bits per heavy atom. The number of non-ortho nitro benzene ring substituents is 1. The third-order valence-corrected chi connectivity index (χ3v) is 3.56. The van der Waals surface area contributed by atoms with Gasteiger partial charge < -0.3 is 11.1 Å². The summed E-state index contributed by atoms with van der Waals surface area (Å²) in [5.41, 5.74) is 6.80. The van der Waals surface area contributed by atoms with Crippen LogP contribution in [0.25, 0.3) is 10.9 Å². The zero-order valence-corrected chi connectivity index (χ0v) is 12.9. The van der Waals surface area contributed by atoms with Gasteiger partial charge >= 0.3 is 0 Å². The molecule has 0 aliphatic rings. The molecule has 2 aromatic carbocycles. The highest BCUT2D eigenvalue weighted by molar-refractivity contribution is 6.11. The van der Waals surface area contributed by atoms with Crippen molar-refractivity contribution in [3.63, 3.8) is 0 Å². The maximum Gasteiger partial charge on any atom is 0.276 e. The first-order valence-corrected chi connectivity index (χ1v) is 7.25. The van der Waals surface area contributed by atoms with Crippen molar-refractivity contribution >= 4 is 34.1 Å². The van der Waals surface area contributed by atoms with Crippen LogP contribution in [0.15, 0.2) is 42.5 Å². The van der Waals surface area contributed by atoms with E-state index in [0.717, 1.165) is 5.56 Å². The second-order valence-electron chi connectivity index (χ2n) is 5.35. The summed E-state index contributed by atoms with van der Waals surface area (Å²) in [5.74, 6) is -0.948. The van der Waals surface area contributed by atoms with Gasteiger partial charge in [0, 0.05) is 23.2 Å². The molecule has 0 radical (unpaired) electrons. The number of nitrogens with one attached hydrogen (secondary N) is 2. The number of rotatable bonds is 5. The fraction of sp³-hybridized carbons (Fsp3) is 0.0625. The Morgan fingerprint density at radius 1 is 1.20 bits per heavy atom. The zero-order valence-electron chi connectivity index (χ0n) is 12.9. The summed E-state index contributed by atoms with van der Waals surface area (Å²) in [6.07, 6.45) is 0.113. The van der Waals surface area contributed by atoms with Crippen LogP contribution in [0.2, 0.25) is 0 Å².